The molecule has 0 N–H and O–H groups in total. The largest absolute Gasteiger partial charge is 0.462 e. The monoisotopic (exact) mass is 446 g/mol. The lowest BCUT2D eigenvalue weighted by atomic mass is 9.97. The summed E-state index contributed by atoms with van der Waals surface area (Å²) in [6.45, 7) is 14.0. The van der Waals surface area contributed by atoms with Crippen LogP contribution in [-0.2, 0) is 25.5 Å². The summed E-state index contributed by atoms with van der Waals surface area (Å²) < 4.78 is 16.0. The van der Waals surface area contributed by atoms with Crippen molar-refractivity contribution in [1.29, 1.82) is 0 Å². The van der Waals surface area contributed by atoms with Crippen molar-refractivity contribution < 1.29 is 28.6 Å². The summed E-state index contributed by atoms with van der Waals surface area (Å²) in [5.74, 6) is -0.976. The van der Waals surface area contributed by atoms with Crippen LogP contribution in [0.5, 0.6) is 11.5 Å². The zero-order valence-corrected chi connectivity index (χ0v) is 18.8. The van der Waals surface area contributed by atoms with E-state index in [9.17, 15) is 14.4 Å². The maximum Gasteiger partial charge on any atom is 0.338 e. The fourth-order valence-electron chi connectivity index (χ4n) is 3.54. The smallest absolute Gasteiger partial charge is 0.338 e. The number of esters is 3. The molecule has 0 fully saturated rings. The van der Waals surface area contributed by atoms with Gasteiger partial charge in [-0.3, -0.25) is 0 Å². The Morgan fingerprint density at radius 1 is 0.939 bits per heavy atom. The number of benzene rings is 2. The Labute approximate surface area is 193 Å². The molecule has 0 saturated heterocycles. The topological polar surface area (TPSA) is 78.9 Å². The molecule has 0 aliphatic heterocycles. The first kappa shape index (κ1) is 23.7. The lowest BCUT2D eigenvalue weighted by molar-refractivity contribution is -0.138. The molecule has 170 valence electrons. The molecule has 0 spiro atoms. The first-order chi connectivity index (χ1) is 15.7. The van der Waals surface area contributed by atoms with Gasteiger partial charge in [-0.05, 0) is 61.1 Å². The van der Waals surface area contributed by atoms with Gasteiger partial charge in [-0.2, -0.15) is 0 Å². The maximum absolute atomic E-state index is 12.0. The lowest BCUT2D eigenvalue weighted by Gasteiger charge is -2.14. The number of carbonyl (C=O) groups excluding carboxylic acids is 3. The Kier molecular flexibility index (Phi) is 7.28. The van der Waals surface area contributed by atoms with Crippen LogP contribution in [0.2, 0.25) is 0 Å². The van der Waals surface area contributed by atoms with Crippen molar-refractivity contribution in [3.05, 3.63) is 84.5 Å². The second kappa shape index (κ2) is 10.1. The SMILES string of the molecule is C=CC(=O)OCC1CCc2cc(-c3cc(OC(=O)C(=C)C)cc(OC(=O)C(=C)C)c3)ccc21. The molecule has 0 bridgehead atoms. The fraction of sp³-hybridized carbons (Fsp3) is 0.222. The van der Waals surface area contributed by atoms with Crippen LogP contribution in [0.25, 0.3) is 11.1 Å². The minimum atomic E-state index is -0.574. The van der Waals surface area contributed by atoms with Crippen LogP contribution in [-0.4, -0.2) is 24.5 Å². The molecule has 3 rings (SSSR count). The Hall–Kier alpha value is -3.93. The number of rotatable bonds is 8. The predicted molar refractivity (Wildman–Crippen MR) is 125 cm³/mol. The molecule has 0 radical (unpaired) electrons. The average Bonchev–Trinajstić information content (AvgIpc) is 3.19. The molecule has 1 aliphatic rings. The van der Waals surface area contributed by atoms with E-state index in [4.69, 9.17) is 14.2 Å². The second-order valence-electron chi connectivity index (χ2n) is 8.02. The molecule has 0 amide bonds. The van der Waals surface area contributed by atoms with Crippen LogP contribution in [0, 0.1) is 0 Å². The van der Waals surface area contributed by atoms with Crippen LogP contribution in [0.15, 0.2) is 73.4 Å². The van der Waals surface area contributed by atoms with E-state index < -0.39 is 17.9 Å². The highest BCUT2D eigenvalue weighted by Gasteiger charge is 2.24. The molecule has 1 atom stereocenters. The minimum absolute atomic E-state index is 0.132. The Bertz CT molecular complexity index is 1110. The zero-order valence-electron chi connectivity index (χ0n) is 18.8. The Balaban J connectivity index is 1.92. The van der Waals surface area contributed by atoms with Crippen LogP contribution >= 0.6 is 0 Å². The van der Waals surface area contributed by atoms with E-state index >= 15 is 0 Å². The summed E-state index contributed by atoms with van der Waals surface area (Å²) in [7, 11) is 0. The third kappa shape index (κ3) is 5.86. The van der Waals surface area contributed by atoms with Gasteiger partial charge in [0, 0.05) is 29.2 Å². The predicted octanol–water partition coefficient (Wildman–Crippen LogP) is 5.08. The van der Waals surface area contributed by atoms with Crippen molar-refractivity contribution in [2.45, 2.75) is 32.6 Å². The van der Waals surface area contributed by atoms with Crippen molar-refractivity contribution in [2.75, 3.05) is 6.61 Å². The van der Waals surface area contributed by atoms with E-state index in [0.29, 0.717) is 6.61 Å². The molecule has 0 aromatic heterocycles. The molecule has 0 heterocycles. The summed E-state index contributed by atoms with van der Waals surface area (Å²) in [5, 5.41) is 0. The first-order valence-corrected chi connectivity index (χ1v) is 10.5. The standard InChI is InChI=1S/C27H26O6/c1-6-25(28)31-15-20-8-7-19-11-18(9-10-24(19)20)21-12-22(32-26(29)16(2)3)14-23(13-21)33-27(30)17(4)5/h6,9-14,20H,1-2,4,7-8,15H2,3,5H3. The maximum atomic E-state index is 12.0. The van der Waals surface area contributed by atoms with Gasteiger partial charge in [0.2, 0.25) is 0 Å². The first-order valence-electron chi connectivity index (χ1n) is 10.5. The molecule has 2 aromatic rings. The summed E-state index contributed by atoms with van der Waals surface area (Å²) in [6.07, 6.45) is 2.88. The Morgan fingerprint density at radius 2 is 1.55 bits per heavy atom. The summed E-state index contributed by atoms with van der Waals surface area (Å²) in [5.41, 5.74) is 4.38. The van der Waals surface area contributed by atoms with Crippen molar-refractivity contribution in [3.63, 3.8) is 0 Å². The van der Waals surface area contributed by atoms with Gasteiger partial charge in [-0.25, -0.2) is 14.4 Å². The quantitative estimate of drug-likeness (QED) is 0.320. The highest BCUT2D eigenvalue weighted by atomic mass is 16.5. The molecule has 1 aliphatic carbocycles. The summed E-state index contributed by atoms with van der Waals surface area (Å²) >= 11 is 0. The molecule has 0 saturated carbocycles. The molecular formula is C27H26O6. The molecular weight excluding hydrogens is 420 g/mol. The van der Waals surface area contributed by atoms with Crippen molar-refractivity contribution in [2.24, 2.45) is 0 Å². The van der Waals surface area contributed by atoms with Gasteiger partial charge < -0.3 is 14.2 Å². The van der Waals surface area contributed by atoms with Gasteiger partial charge in [-0.1, -0.05) is 37.9 Å². The zero-order chi connectivity index (χ0) is 24.1. The van der Waals surface area contributed by atoms with E-state index in [0.717, 1.165) is 41.2 Å². The fourth-order valence-corrected chi connectivity index (χ4v) is 3.54. The molecule has 2 aromatic carbocycles. The van der Waals surface area contributed by atoms with Gasteiger partial charge >= 0.3 is 17.9 Å². The van der Waals surface area contributed by atoms with Gasteiger partial charge in [0.25, 0.3) is 0 Å². The Morgan fingerprint density at radius 3 is 2.09 bits per heavy atom. The van der Waals surface area contributed by atoms with E-state index in [1.54, 1.807) is 26.0 Å². The van der Waals surface area contributed by atoms with E-state index in [2.05, 4.69) is 25.8 Å². The van der Waals surface area contributed by atoms with Gasteiger partial charge in [0.05, 0.1) is 6.61 Å². The number of fused-ring (bicyclic) bond motifs is 1. The summed E-state index contributed by atoms with van der Waals surface area (Å²) in [6, 6.07) is 10.9. The minimum Gasteiger partial charge on any atom is -0.462 e. The highest BCUT2D eigenvalue weighted by molar-refractivity contribution is 5.90. The highest BCUT2D eigenvalue weighted by Crippen LogP contribution is 2.37. The number of hydrogen-bond donors (Lipinski definition) is 0. The number of hydrogen-bond acceptors (Lipinski definition) is 6. The van der Waals surface area contributed by atoms with Crippen molar-refractivity contribution in [1.82, 2.24) is 0 Å². The van der Waals surface area contributed by atoms with E-state index in [1.807, 2.05) is 12.1 Å². The number of ether oxygens (including phenoxy) is 3. The third-order valence-electron chi connectivity index (χ3n) is 5.27. The lowest BCUT2D eigenvalue weighted by Crippen LogP contribution is -2.10. The molecule has 1 unspecified atom stereocenters. The number of aryl methyl sites for hydroxylation is 1. The van der Waals surface area contributed by atoms with Gasteiger partial charge in [0.15, 0.2) is 0 Å². The van der Waals surface area contributed by atoms with E-state index in [1.165, 1.54) is 6.07 Å². The molecule has 33 heavy (non-hydrogen) atoms. The van der Waals surface area contributed by atoms with Crippen LogP contribution in [0.4, 0.5) is 0 Å². The molecule has 6 nitrogen and oxygen atoms in total. The van der Waals surface area contributed by atoms with Gasteiger partial charge in [0.1, 0.15) is 11.5 Å². The van der Waals surface area contributed by atoms with E-state index in [-0.39, 0.29) is 28.6 Å². The van der Waals surface area contributed by atoms with Crippen LogP contribution < -0.4 is 9.47 Å². The number of carbonyl (C=O) groups is 3. The van der Waals surface area contributed by atoms with Crippen molar-refractivity contribution in [3.8, 4) is 22.6 Å². The summed E-state index contributed by atoms with van der Waals surface area (Å²) in [4.78, 5) is 35.5. The van der Waals surface area contributed by atoms with Crippen LogP contribution in [0.3, 0.4) is 0 Å². The third-order valence-corrected chi connectivity index (χ3v) is 5.27. The second-order valence-corrected chi connectivity index (χ2v) is 8.02. The van der Waals surface area contributed by atoms with Gasteiger partial charge in [-0.15, -0.1) is 0 Å². The normalized spacial score (nSPS) is 14.1. The average molecular weight is 446 g/mol. The molecule has 6 heteroatoms. The van der Waals surface area contributed by atoms with Crippen LogP contribution in [0.1, 0.15) is 37.3 Å². The van der Waals surface area contributed by atoms with Crippen molar-refractivity contribution >= 4 is 17.9 Å².